The normalized spacial score (nSPS) is 29.2. The Morgan fingerprint density at radius 3 is 2.31 bits per heavy atom. The molecule has 0 aromatic heterocycles. The van der Waals surface area contributed by atoms with Crippen LogP contribution < -0.4 is 5.73 Å². The Hall–Kier alpha value is -0.860. The van der Waals surface area contributed by atoms with Gasteiger partial charge in [0.25, 0.3) is 0 Å². The number of rotatable bonds is 3. The molecule has 0 aliphatic heterocycles. The molecule has 0 unspecified atom stereocenters. The monoisotopic (exact) mass is 219 g/mol. The molecule has 2 heteroatoms. The van der Waals surface area contributed by atoms with Crippen LogP contribution in [-0.4, -0.2) is 11.2 Å². The quantitative estimate of drug-likeness (QED) is 0.818. The van der Waals surface area contributed by atoms with Gasteiger partial charge in [-0.1, -0.05) is 38.1 Å². The van der Waals surface area contributed by atoms with E-state index in [2.05, 4.69) is 38.1 Å². The van der Waals surface area contributed by atoms with Crippen molar-refractivity contribution in [1.29, 1.82) is 0 Å². The van der Waals surface area contributed by atoms with Gasteiger partial charge in [-0.3, -0.25) is 0 Å². The Balaban J connectivity index is 2.08. The van der Waals surface area contributed by atoms with Crippen molar-refractivity contribution in [2.45, 2.75) is 44.8 Å². The van der Waals surface area contributed by atoms with Crippen LogP contribution in [0.4, 0.5) is 0 Å². The van der Waals surface area contributed by atoms with Crippen LogP contribution in [0.3, 0.4) is 0 Å². The fourth-order valence-electron chi connectivity index (χ4n) is 2.46. The molecule has 2 rings (SSSR count). The van der Waals surface area contributed by atoms with Crippen molar-refractivity contribution < 1.29 is 5.11 Å². The van der Waals surface area contributed by atoms with Crippen LogP contribution in [0.5, 0.6) is 0 Å². The largest absolute Gasteiger partial charge is 0.393 e. The molecule has 0 heterocycles. The van der Waals surface area contributed by atoms with Crippen molar-refractivity contribution in [2.24, 2.45) is 11.7 Å². The SMILES string of the molecule is CC(C)Cc1ccc(C2(N)CC(O)C2)cc1. The molecule has 1 saturated carbocycles. The van der Waals surface area contributed by atoms with E-state index in [9.17, 15) is 5.11 Å². The molecule has 1 fully saturated rings. The third-order valence-corrected chi connectivity index (χ3v) is 3.37. The fourth-order valence-corrected chi connectivity index (χ4v) is 2.46. The summed E-state index contributed by atoms with van der Waals surface area (Å²) in [5.74, 6) is 0.684. The maximum absolute atomic E-state index is 9.34. The maximum atomic E-state index is 9.34. The Morgan fingerprint density at radius 1 is 1.31 bits per heavy atom. The molecule has 0 bridgehead atoms. The summed E-state index contributed by atoms with van der Waals surface area (Å²) in [7, 11) is 0. The zero-order chi connectivity index (χ0) is 11.8. The Morgan fingerprint density at radius 2 is 1.88 bits per heavy atom. The summed E-state index contributed by atoms with van der Waals surface area (Å²) < 4.78 is 0. The van der Waals surface area contributed by atoms with E-state index in [1.165, 1.54) is 5.56 Å². The number of benzene rings is 1. The highest BCUT2D eigenvalue weighted by molar-refractivity contribution is 5.31. The molecule has 0 radical (unpaired) electrons. The molecule has 1 aliphatic carbocycles. The third-order valence-electron chi connectivity index (χ3n) is 3.37. The Labute approximate surface area is 97.5 Å². The highest BCUT2D eigenvalue weighted by Crippen LogP contribution is 2.38. The molecule has 16 heavy (non-hydrogen) atoms. The summed E-state index contributed by atoms with van der Waals surface area (Å²) in [5.41, 5.74) is 8.44. The van der Waals surface area contributed by atoms with E-state index in [0.29, 0.717) is 18.8 Å². The van der Waals surface area contributed by atoms with Crippen molar-refractivity contribution >= 4 is 0 Å². The van der Waals surface area contributed by atoms with Gasteiger partial charge in [0, 0.05) is 5.54 Å². The zero-order valence-corrected chi connectivity index (χ0v) is 10.1. The van der Waals surface area contributed by atoms with E-state index < -0.39 is 0 Å². The third kappa shape index (κ3) is 2.28. The minimum atomic E-state index is -0.282. The second-order valence-electron chi connectivity index (χ2n) is 5.51. The average molecular weight is 219 g/mol. The molecule has 2 nitrogen and oxygen atoms in total. The van der Waals surface area contributed by atoms with Gasteiger partial charge in [0.1, 0.15) is 0 Å². The summed E-state index contributed by atoms with van der Waals surface area (Å²) >= 11 is 0. The van der Waals surface area contributed by atoms with E-state index in [-0.39, 0.29) is 11.6 Å². The van der Waals surface area contributed by atoms with Gasteiger partial charge in [-0.25, -0.2) is 0 Å². The number of aliphatic hydroxyl groups is 1. The van der Waals surface area contributed by atoms with Crippen LogP contribution in [0.2, 0.25) is 0 Å². The lowest BCUT2D eigenvalue weighted by Crippen LogP contribution is -2.51. The second kappa shape index (κ2) is 4.19. The van der Waals surface area contributed by atoms with Gasteiger partial charge in [0.15, 0.2) is 0 Å². The van der Waals surface area contributed by atoms with E-state index >= 15 is 0 Å². The topological polar surface area (TPSA) is 46.2 Å². The first-order valence-electron chi connectivity index (χ1n) is 6.06. The summed E-state index contributed by atoms with van der Waals surface area (Å²) in [6.07, 6.45) is 2.29. The molecule has 0 spiro atoms. The number of aliphatic hydroxyl groups excluding tert-OH is 1. The highest BCUT2D eigenvalue weighted by atomic mass is 16.3. The summed E-state index contributed by atoms with van der Waals surface area (Å²) in [6, 6.07) is 8.55. The predicted octanol–water partition coefficient (Wildman–Crippen LogP) is 2.19. The zero-order valence-electron chi connectivity index (χ0n) is 10.1. The van der Waals surface area contributed by atoms with Gasteiger partial charge in [-0.2, -0.15) is 0 Å². The van der Waals surface area contributed by atoms with Gasteiger partial charge >= 0.3 is 0 Å². The van der Waals surface area contributed by atoms with Crippen molar-refractivity contribution in [3.05, 3.63) is 35.4 Å². The molecule has 1 aromatic carbocycles. The first-order valence-corrected chi connectivity index (χ1v) is 6.06. The standard InChI is InChI=1S/C14H21NO/c1-10(2)7-11-3-5-12(6-4-11)14(15)8-13(16)9-14/h3-6,10,13,16H,7-9,15H2,1-2H3. The lowest BCUT2D eigenvalue weighted by molar-refractivity contribution is 0.0209. The van der Waals surface area contributed by atoms with E-state index in [0.717, 1.165) is 12.0 Å². The molecular formula is C14H21NO. The number of hydrogen-bond donors (Lipinski definition) is 2. The maximum Gasteiger partial charge on any atom is 0.0582 e. The van der Waals surface area contributed by atoms with Crippen LogP contribution in [-0.2, 0) is 12.0 Å². The van der Waals surface area contributed by atoms with Gasteiger partial charge in [0.2, 0.25) is 0 Å². The fraction of sp³-hybridized carbons (Fsp3) is 0.571. The van der Waals surface area contributed by atoms with Crippen molar-refractivity contribution in [2.75, 3.05) is 0 Å². The van der Waals surface area contributed by atoms with Gasteiger partial charge in [-0.15, -0.1) is 0 Å². The second-order valence-corrected chi connectivity index (χ2v) is 5.51. The average Bonchev–Trinajstić information content (AvgIpc) is 2.15. The van der Waals surface area contributed by atoms with Crippen LogP contribution in [0.15, 0.2) is 24.3 Å². The van der Waals surface area contributed by atoms with Crippen LogP contribution >= 0.6 is 0 Å². The summed E-state index contributed by atoms with van der Waals surface area (Å²) in [4.78, 5) is 0. The first kappa shape index (κ1) is 11.6. The van der Waals surface area contributed by atoms with Crippen molar-refractivity contribution in [3.63, 3.8) is 0 Å². The van der Waals surface area contributed by atoms with Crippen LogP contribution in [0.25, 0.3) is 0 Å². The lowest BCUT2D eigenvalue weighted by atomic mass is 9.70. The van der Waals surface area contributed by atoms with Gasteiger partial charge in [-0.05, 0) is 36.3 Å². The van der Waals surface area contributed by atoms with E-state index in [1.54, 1.807) is 0 Å². The predicted molar refractivity (Wildman–Crippen MR) is 66.1 cm³/mol. The van der Waals surface area contributed by atoms with Gasteiger partial charge < -0.3 is 10.8 Å². The minimum absolute atomic E-state index is 0.208. The molecule has 1 aliphatic rings. The summed E-state index contributed by atoms with van der Waals surface area (Å²) in [6.45, 7) is 4.45. The molecule has 1 aromatic rings. The number of hydrogen-bond acceptors (Lipinski definition) is 2. The van der Waals surface area contributed by atoms with Crippen LogP contribution in [0.1, 0.15) is 37.8 Å². The molecule has 3 N–H and O–H groups in total. The Kier molecular flexibility index (Phi) is 3.04. The molecule has 88 valence electrons. The van der Waals surface area contributed by atoms with E-state index in [1.807, 2.05) is 0 Å². The minimum Gasteiger partial charge on any atom is -0.393 e. The lowest BCUT2D eigenvalue weighted by Gasteiger charge is -2.42. The van der Waals surface area contributed by atoms with Crippen molar-refractivity contribution in [3.8, 4) is 0 Å². The molecule has 0 amide bonds. The smallest absolute Gasteiger partial charge is 0.0582 e. The van der Waals surface area contributed by atoms with E-state index in [4.69, 9.17) is 5.73 Å². The molecular weight excluding hydrogens is 198 g/mol. The van der Waals surface area contributed by atoms with Gasteiger partial charge in [0.05, 0.1) is 6.10 Å². The molecule has 0 atom stereocenters. The highest BCUT2D eigenvalue weighted by Gasteiger charge is 2.41. The summed E-state index contributed by atoms with van der Waals surface area (Å²) in [5, 5.41) is 9.34. The van der Waals surface area contributed by atoms with Crippen LogP contribution in [0, 0.1) is 5.92 Å². The van der Waals surface area contributed by atoms with Crippen molar-refractivity contribution in [1.82, 2.24) is 0 Å². The molecule has 0 saturated heterocycles. The Bertz CT molecular complexity index is 350. The first-order chi connectivity index (χ1) is 7.49. The number of nitrogens with two attached hydrogens (primary N) is 1.